The van der Waals surface area contributed by atoms with Gasteiger partial charge in [0.1, 0.15) is 6.61 Å². The minimum Gasteiger partial charge on any atom is -0.481 e. The van der Waals surface area contributed by atoms with Crippen molar-refractivity contribution in [3.05, 3.63) is 59.8 Å². The number of benzene rings is 1. The molecule has 0 atom stereocenters. The summed E-state index contributed by atoms with van der Waals surface area (Å²) < 4.78 is 5.62. The van der Waals surface area contributed by atoms with E-state index in [2.05, 4.69) is 10.3 Å². The predicted molar refractivity (Wildman–Crippen MR) is 98.0 cm³/mol. The van der Waals surface area contributed by atoms with Crippen molar-refractivity contribution in [3.63, 3.8) is 0 Å². The highest BCUT2D eigenvalue weighted by Gasteiger charge is 2.35. The largest absolute Gasteiger partial charge is 0.481 e. The fourth-order valence-corrected chi connectivity index (χ4v) is 2.59. The summed E-state index contributed by atoms with van der Waals surface area (Å²) in [5, 5.41) is 12.2. The summed E-state index contributed by atoms with van der Waals surface area (Å²) in [6.07, 6.45) is 2.39. The zero-order valence-electron chi connectivity index (χ0n) is 15.1. The first-order chi connectivity index (χ1) is 12.5. The van der Waals surface area contributed by atoms with Gasteiger partial charge >= 0.3 is 5.97 Å². The van der Waals surface area contributed by atoms with Crippen molar-refractivity contribution in [2.75, 3.05) is 6.54 Å². The third-order valence-corrected chi connectivity index (χ3v) is 4.62. The first-order valence-electron chi connectivity index (χ1n) is 8.65. The van der Waals surface area contributed by atoms with Crippen molar-refractivity contribution in [2.24, 2.45) is 5.41 Å². The highest BCUT2D eigenvalue weighted by Crippen LogP contribution is 2.25. The molecule has 0 saturated heterocycles. The van der Waals surface area contributed by atoms with Crippen LogP contribution < -0.4 is 10.1 Å². The Morgan fingerprint density at radius 2 is 1.85 bits per heavy atom. The lowest BCUT2D eigenvalue weighted by molar-refractivity contribution is -0.149. The molecule has 0 aliphatic carbocycles. The van der Waals surface area contributed by atoms with Crippen LogP contribution in [0.4, 0.5) is 0 Å². The third kappa shape index (κ3) is 4.81. The van der Waals surface area contributed by atoms with E-state index in [9.17, 15) is 14.7 Å². The minimum absolute atomic E-state index is 0.0801. The number of nitrogens with zero attached hydrogens (tertiary/aromatic N) is 1. The second-order valence-corrected chi connectivity index (χ2v) is 6.13. The summed E-state index contributed by atoms with van der Waals surface area (Å²) in [5.41, 5.74) is 0.436. The highest BCUT2D eigenvalue weighted by atomic mass is 16.5. The van der Waals surface area contributed by atoms with Crippen LogP contribution in [0.15, 0.2) is 48.7 Å². The minimum atomic E-state index is -0.949. The van der Waals surface area contributed by atoms with Crippen LogP contribution >= 0.6 is 0 Å². The Kier molecular flexibility index (Phi) is 6.72. The van der Waals surface area contributed by atoms with Gasteiger partial charge in [-0.2, -0.15) is 0 Å². The molecule has 1 aromatic heterocycles. The van der Waals surface area contributed by atoms with Crippen molar-refractivity contribution >= 4 is 11.9 Å². The fraction of sp³-hybridized carbons (Fsp3) is 0.350. The predicted octanol–water partition coefficient (Wildman–Crippen LogP) is 3.28. The van der Waals surface area contributed by atoms with Crippen LogP contribution in [0.25, 0.3) is 0 Å². The van der Waals surface area contributed by atoms with E-state index in [-0.39, 0.29) is 12.5 Å². The Labute approximate surface area is 153 Å². The Balaban J connectivity index is 2.00. The van der Waals surface area contributed by atoms with E-state index >= 15 is 0 Å². The lowest BCUT2D eigenvalue weighted by Gasteiger charge is -2.26. The summed E-state index contributed by atoms with van der Waals surface area (Å²) in [5.74, 6) is -0.897. The van der Waals surface area contributed by atoms with Crippen LogP contribution in [0.5, 0.6) is 5.88 Å². The SMILES string of the molecule is CCC(CC)(CNC(=O)c1ccnc(OCc2ccccc2)c1)C(=O)O. The number of hydrogen-bond donors (Lipinski definition) is 2. The molecule has 0 aliphatic rings. The summed E-state index contributed by atoms with van der Waals surface area (Å²) in [6, 6.07) is 12.8. The third-order valence-electron chi connectivity index (χ3n) is 4.62. The number of hydrogen-bond acceptors (Lipinski definition) is 4. The molecule has 0 unspecified atom stereocenters. The number of rotatable bonds is 9. The highest BCUT2D eigenvalue weighted by molar-refractivity contribution is 5.94. The van der Waals surface area contributed by atoms with Crippen LogP contribution in [-0.2, 0) is 11.4 Å². The Bertz CT molecular complexity index is 742. The number of carboxylic acid groups (broad SMARTS) is 1. The van der Waals surface area contributed by atoms with E-state index in [0.29, 0.717) is 30.9 Å². The van der Waals surface area contributed by atoms with Gasteiger partial charge in [-0.1, -0.05) is 44.2 Å². The number of carbonyl (C=O) groups is 2. The van der Waals surface area contributed by atoms with Gasteiger partial charge in [0.2, 0.25) is 5.88 Å². The molecule has 2 rings (SSSR count). The number of carboxylic acids is 1. The van der Waals surface area contributed by atoms with E-state index in [1.165, 1.54) is 6.20 Å². The molecule has 6 heteroatoms. The van der Waals surface area contributed by atoms with Gasteiger partial charge in [-0.05, 0) is 24.5 Å². The fourth-order valence-electron chi connectivity index (χ4n) is 2.59. The van der Waals surface area contributed by atoms with Crippen LogP contribution in [-0.4, -0.2) is 28.5 Å². The summed E-state index contributed by atoms with van der Waals surface area (Å²) in [7, 11) is 0. The van der Waals surface area contributed by atoms with Gasteiger partial charge < -0.3 is 15.2 Å². The zero-order chi connectivity index (χ0) is 19.0. The molecule has 2 aromatic rings. The molecular formula is C20H24N2O4. The molecule has 0 saturated carbocycles. The molecule has 26 heavy (non-hydrogen) atoms. The van der Waals surface area contributed by atoms with Crippen LogP contribution in [0.3, 0.4) is 0 Å². The Hall–Kier alpha value is -2.89. The molecule has 6 nitrogen and oxygen atoms in total. The topological polar surface area (TPSA) is 88.5 Å². The van der Waals surface area contributed by atoms with E-state index in [4.69, 9.17) is 4.74 Å². The van der Waals surface area contributed by atoms with Crippen LogP contribution in [0.1, 0.15) is 42.6 Å². The molecule has 0 aliphatic heterocycles. The van der Waals surface area contributed by atoms with E-state index in [1.807, 2.05) is 44.2 Å². The number of nitrogens with one attached hydrogen (secondary N) is 1. The first-order valence-corrected chi connectivity index (χ1v) is 8.65. The average molecular weight is 356 g/mol. The lowest BCUT2D eigenvalue weighted by Crippen LogP contribution is -2.42. The molecule has 0 radical (unpaired) electrons. The van der Waals surface area contributed by atoms with Gasteiger partial charge in [-0.15, -0.1) is 0 Å². The molecule has 0 bridgehead atoms. The van der Waals surface area contributed by atoms with Gasteiger partial charge in [-0.3, -0.25) is 9.59 Å². The number of pyridine rings is 1. The lowest BCUT2D eigenvalue weighted by atomic mass is 9.82. The normalized spacial score (nSPS) is 11.0. The average Bonchev–Trinajstić information content (AvgIpc) is 2.68. The van der Waals surface area contributed by atoms with E-state index < -0.39 is 11.4 Å². The first kappa shape index (κ1) is 19.4. The molecule has 2 N–H and O–H groups in total. The quantitative estimate of drug-likeness (QED) is 0.720. The second-order valence-electron chi connectivity index (χ2n) is 6.13. The van der Waals surface area contributed by atoms with Gasteiger partial charge in [0, 0.05) is 24.4 Å². The Morgan fingerprint density at radius 1 is 1.15 bits per heavy atom. The zero-order valence-corrected chi connectivity index (χ0v) is 15.1. The molecule has 0 fully saturated rings. The van der Waals surface area contributed by atoms with Gasteiger partial charge in [0.05, 0.1) is 5.41 Å². The number of aromatic nitrogens is 1. The molecular weight excluding hydrogens is 332 g/mol. The van der Waals surface area contributed by atoms with Crippen LogP contribution in [0.2, 0.25) is 0 Å². The number of carbonyl (C=O) groups excluding carboxylic acids is 1. The maximum atomic E-state index is 12.4. The standard InChI is InChI=1S/C20H24N2O4/c1-3-20(4-2,19(24)25)14-22-18(23)16-10-11-21-17(12-16)26-13-15-8-6-5-7-9-15/h5-12H,3-4,13-14H2,1-2H3,(H,22,23)(H,24,25). The molecule has 1 aromatic carbocycles. The summed E-state index contributed by atoms with van der Waals surface area (Å²) >= 11 is 0. The number of ether oxygens (including phenoxy) is 1. The van der Waals surface area contributed by atoms with Gasteiger partial charge in [0.25, 0.3) is 5.91 Å². The monoisotopic (exact) mass is 356 g/mol. The van der Waals surface area contributed by atoms with E-state index in [1.54, 1.807) is 12.1 Å². The summed E-state index contributed by atoms with van der Waals surface area (Å²) in [6.45, 7) is 4.06. The van der Waals surface area contributed by atoms with E-state index in [0.717, 1.165) is 5.56 Å². The molecule has 0 spiro atoms. The maximum absolute atomic E-state index is 12.4. The molecule has 1 amide bonds. The summed E-state index contributed by atoms with van der Waals surface area (Å²) in [4.78, 5) is 28.0. The molecule has 1 heterocycles. The Morgan fingerprint density at radius 3 is 2.46 bits per heavy atom. The number of aliphatic carboxylic acids is 1. The van der Waals surface area contributed by atoms with Crippen molar-refractivity contribution in [1.82, 2.24) is 10.3 Å². The van der Waals surface area contributed by atoms with Gasteiger partial charge in [-0.25, -0.2) is 4.98 Å². The van der Waals surface area contributed by atoms with Gasteiger partial charge in [0.15, 0.2) is 0 Å². The van der Waals surface area contributed by atoms with Crippen molar-refractivity contribution in [1.29, 1.82) is 0 Å². The van der Waals surface area contributed by atoms with Crippen molar-refractivity contribution in [3.8, 4) is 5.88 Å². The van der Waals surface area contributed by atoms with Crippen molar-refractivity contribution < 1.29 is 19.4 Å². The van der Waals surface area contributed by atoms with Crippen molar-refractivity contribution in [2.45, 2.75) is 33.3 Å². The molecule has 138 valence electrons. The number of amides is 1. The van der Waals surface area contributed by atoms with Crippen LogP contribution in [0, 0.1) is 5.41 Å². The second kappa shape index (κ2) is 8.99. The maximum Gasteiger partial charge on any atom is 0.311 e. The smallest absolute Gasteiger partial charge is 0.311 e.